The summed E-state index contributed by atoms with van der Waals surface area (Å²) in [5.41, 5.74) is 16.0. The number of nitrogens with two attached hydrogens (primary N) is 1. The van der Waals surface area contributed by atoms with Gasteiger partial charge in [0.1, 0.15) is 22.0 Å². The second-order valence-corrected chi connectivity index (χ2v) is 11.9. The van der Waals surface area contributed by atoms with Crippen LogP contribution in [-0.4, -0.2) is 48.8 Å². The van der Waals surface area contributed by atoms with Gasteiger partial charge in [0.15, 0.2) is 11.6 Å². The minimum Gasteiger partial charge on any atom is -0.356 e. The van der Waals surface area contributed by atoms with Crippen LogP contribution in [0.15, 0.2) is 58.6 Å². The number of hydrogen-bond acceptors (Lipinski definition) is 12. The molecule has 2 fully saturated rings. The number of halogens is 1. The monoisotopic (exact) mass is 568 g/mol. The average molecular weight is 569 g/mol. The molecule has 0 radical (unpaired) electrons. The zero-order valence-corrected chi connectivity index (χ0v) is 22.4. The van der Waals surface area contributed by atoms with Gasteiger partial charge in [-0.05, 0) is 43.4 Å². The summed E-state index contributed by atoms with van der Waals surface area (Å²) in [6, 6.07) is 6.50. The summed E-state index contributed by atoms with van der Waals surface area (Å²) in [4.78, 5) is 16.2. The number of benzene rings is 1. The van der Waals surface area contributed by atoms with Crippen molar-refractivity contribution in [1.82, 2.24) is 31.0 Å². The number of rotatable bonds is 6. The predicted molar refractivity (Wildman–Crippen MR) is 145 cm³/mol. The number of hydrazine groups is 1. The first kappa shape index (κ1) is 24.3. The van der Waals surface area contributed by atoms with E-state index in [0.29, 0.717) is 40.9 Å². The highest BCUT2D eigenvalue weighted by Crippen LogP contribution is 2.63. The van der Waals surface area contributed by atoms with E-state index in [4.69, 9.17) is 15.7 Å². The Labute approximate surface area is 228 Å². The highest BCUT2D eigenvalue weighted by Gasteiger charge is 2.67. The number of aromatic nitrogens is 2. The molecule has 3 aliphatic heterocycles. The summed E-state index contributed by atoms with van der Waals surface area (Å²) in [5, 5.41) is 7.20. The van der Waals surface area contributed by atoms with Gasteiger partial charge in [-0.3, -0.25) is 15.8 Å². The molecule has 0 spiro atoms. The molecule has 2 aromatic heterocycles. The van der Waals surface area contributed by atoms with Crippen LogP contribution in [0.3, 0.4) is 0 Å². The fourth-order valence-electron chi connectivity index (χ4n) is 6.24. The average Bonchev–Trinajstić information content (AvgIpc) is 3.15. The van der Waals surface area contributed by atoms with Gasteiger partial charge >= 0.3 is 10.5 Å². The zero-order chi connectivity index (χ0) is 26.9. The molecule has 1 aliphatic carbocycles. The van der Waals surface area contributed by atoms with Gasteiger partial charge in [-0.1, -0.05) is 9.95 Å². The van der Waals surface area contributed by atoms with Gasteiger partial charge in [-0.2, -0.15) is 8.42 Å². The van der Waals surface area contributed by atoms with E-state index >= 15 is 0 Å². The molecule has 0 unspecified atom stereocenters. The van der Waals surface area contributed by atoms with Gasteiger partial charge in [0.25, 0.3) is 0 Å². The van der Waals surface area contributed by atoms with Crippen molar-refractivity contribution in [2.75, 3.05) is 19.6 Å². The van der Waals surface area contributed by atoms with Crippen LogP contribution in [0.25, 0.3) is 16.6 Å². The van der Waals surface area contributed by atoms with Crippen LogP contribution >= 0.6 is 11.3 Å². The summed E-state index contributed by atoms with van der Waals surface area (Å²) in [6.45, 7) is 4.36. The number of piperidine rings is 1. The van der Waals surface area contributed by atoms with Gasteiger partial charge in [-0.25, -0.2) is 9.98 Å². The molecular formula is C25H25FN8O3S2. The first-order chi connectivity index (χ1) is 18.8. The number of nitrogens with zero attached hydrogens (tertiary/aromatic N) is 4. The Morgan fingerprint density at radius 2 is 2.13 bits per heavy atom. The molecule has 3 atom stereocenters. The number of aryl methyl sites for hydroxylation is 1. The van der Waals surface area contributed by atoms with Crippen LogP contribution in [0.1, 0.15) is 22.7 Å². The SMILES string of the molecule is Cc1csc([C@@]2(CN)[C@@H]3CCN(C4=CNC5=C(c6ccc(OS(=O)(=O)F)c7ncccc67)NNC5=N4)C[C@@H]32)n1. The van der Waals surface area contributed by atoms with Crippen molar-refractivity contribution in [3.05, 3.63) is 69.8 Å². The molecule has 4 aliphatic rings. The second kappa shape index (κ2) is 8.63. The van der Waals surface area contributed by atoms with E-state index in [2.05, 4.69) is 35.6 Å². The zero-order valence-electron chi connectivity index (χ0n) is 20.8. The van der Waals surface area contributed by atoms with Gasteiger partial charge in [-0.15, -0.1) is 11.3 Å². The third kappa shape index (κ3) is 3.85. The van der Waals surface area contributed by atoms with E-state index in [1.165, 1.54) is 12.3 Å². The van der Waals surface area contributed by atoms with Crippen molar-refractivity contribution in [2.45, 2.75) is 18.8 Å². The maximum absolute atomic E-state index is 13.2. The summed E-state index contributed by atoms with van der Waals surface area (Å²) in [6.07, 6.45) is 4.41. The lowest BCUT2D eigenvalue weighted by molar-refractivity contribution is 0.269. The lowest BCUT2D eigenvalue weighted by Crippen LogP contribution is -2.37. The highest BCUT2D eigenvalue weighted by molar-refractivity contribution is 7.81. The molecule has 5 N–H and O–H groups in total. The Hall–Kier alpha value is -3.75. The van der Waals surface area contributed by atoms with E-state index in [-0.39, 0.29) is 16.7 Å². The van der Waals surface area contributed by atoms with Gasteiger partial charge in [0, 0.05) is 59.5 Å². The standard InChI is InChI=1S/C25H25FN8O3S2/c1-13-11-38-24(30-13)25(12-27)16-6-8-34(10-17(16)25)19-9-29-22-21(32-33-23(22)31-19)15-4-5-18(37-39(26,35)36)20-14(15)3-2-7-28-20/h2-5,7,9,11,16-17,29H,6,8,10,12,27H2,1H3,(H2,31,32,33)/t16-,17+,25+/m1/s1. The fourth-order valence-corrected chi connectivity index (χ4v) is 7.72. The van der Waals surface area contributed by atoms with Crippen molar-refractivity contribution >= 4 is 44.3 Å². The van der Waals surface area contributed by atoms with Crippen LogP contribution in [0.5, 0.6) is 5.75 Å². The number of aliphatic imine (C=N–C) groups is 1. The minimum absolute atomic E-state index is 0.0404. The van der Waals surface area contributed by atoms with Gasteiger partial charge in [0.05, 0.1) is 5.70 Å². The van der Waals surface area contributed by atoms with Crippen LogP contribution in [0, 0.1) is 18.8 Å². The Bertz CT molecular complexity index is 1720. The molecule has 1 saturated carbocycles. The first-order valence-corrected chi connectivity index (χ1v) is 14.7. The van der Waals surface area contributed by atoms with Crippen LogP contribution in [-0.2, 0) is 15.9 Å². The molecule has 5 heterocycles. The highest BCUT2D eigenvalue weighted by atomic mass is 32.3. The summed E-state index contributed by atoms with van der Waals surface area (Å²) < 4.78 is 39.9. The predicted octanol–water partition coefficient (Wildman–Crippen LogP) is 2.02. The minimum atomic E-state index is -5.20. The maximum Gasteiger partial charge on any atom is 0.488 e. The smallest absolute Gasteiger partial charge is 0.356 e. The van der Waals surface area contributed by atoms with Gasteiger partial charge < -0.3 is 20.1 Å². The molecule has 1 saturated heterocycles. The molecule has 11 nitrogen and oxygen atoms in total. The van der Waals surface area contributed by atoms with E-state index in [9.17, 15) is 12.3 Å². The molecule has 7 rings (SSSR count). The quantitative estimate of drug-likeness (QED) is 0.326. The topological polar surface area (TPSA) is 147 Å². The Morgan fingerprint density at radius 1 is 1.26 bits per heavy atom. The Balaban J connectivity index is 1.16. The molecule has 3 aromatic rings. The van der Waals surface area contributed by atoms with Crippen molar-refractivity contribution in [3.63, 3.8) is 0 Å². The number of amidine groups is 1. The first-order valence-electron chi connectivity index (χ1n) is 12.5. The Kier molecular flexibility index (Phi) is 5.38. The maximum atomic E-state index is 13.2. The van der Waals surface area contributed by atoms with E-state index in [1.54, 1.807) is 29.5 Å². The number of hydrogen-bond donors (Lipinski definition) is 4. The molecule has 202 valence electrons. The number of nitrogens with one attached hydrogen (secondary N) is 3. The number of fused-ring (bicyclic) bond motifs is 3. The van der Waals surface area contributed by atoms with E-state index in [1.807, 2.05) is 13.1 Å². The Morgan fingerprint density at radius 3 is 2.90 bits per heavy atom. The number of pyridine rings is 1. The van der Waals surface area contributed by atoms with Crippen molar-refractivity contribution < 1.29 is 16.5 Å². The summed E-state index contributed by atoms with van der Waals surface area (Å²) >= 11 is 1.71. The van der Waals surface area contributed by atoms with E-state index in [0.717, 1.165) is 41.7 Å². The van der Waals surface area contributed by atoms with Crippen LogP contribution in [0.4, 0.5) is 3.89 Å². The van der Waals surface area contributed by atoms with Crippen molar-refractivity contribution in [3.8, 4) is 5.75 Å². The largest absolute Gasteiger partial charge is 0.488 e. The van der Waals surface area contributed by atoms with Crippen molar-refractivity contribution in [1.29, 1.82) is 0 Å². The van der Waals surface area contributed by atoms with E-state index < -0.39 is 10.5 Å². The molecule has 1 aromatic carbocycles. The molecule has 0 amide bonds. The normalized spacial score (nSPS) is 25.7. The lowest BCUT2D eigenvalue weighted by atomic mass is 10.0. The lowest BCUT2D eigenvalue weighted by Gasteiger charge is -2.30. The second-order valence-electron chi connectivity index (χ2n) is 10.1. The molecule has 39 heavy (non-hydrogen) atoms. The number of thiazole rings is 1. The van der Waals surface area contributed by atoms with Crippen LogP contribution in [0.2, 0.25) is 0 Å². The third-order valence-electron chi connectivity index (χ3n) is 8.06. The summed E-state index contributed by atoms with van der Waals surface area (Å²) in [7, 11) is -5.20. The fraction of sp³-hybridized carbons (Fsp3) is 0.320. The third-order valence-corrected chi connectivity index (χ3v) is 9.59. The van der Waals surface area contributed by atoms with Gasteiger partial charge in [0.2, 0.25) is 0 Å². The van der Waals surface area contributed by atoms with Crippen LogP contribution < -0.4 is 26.1 Å². The summed E-state index contributed by atoms with van der Waals surface area (Å²) in [5.74, 6) is 2.26. The number of likely N-dealkylation sites (tertiary alicyclic amines) is 1. The van der Waals surface area contributed by atoms with Crippen molar-refractivity contribution in [2.24, 2.45) is 22.6 Å². The molecule has 14 heteroatoms. The molecule has 0 bridgehead atoms. The molecular weight excluding hydrogens is 543 g/mol.